The Labute approximate surface area is 109 Å². The zero-order chi connectivity index (χ0) is 14.2. The highest BCUT2D eigenvalue weighted by Crippen LogP contribution is 2.09. The van der Waals surface area contributed by atoms with Gasteiger partial charge < -0.3 is 10.4 Å². The van der Waals surface area contributed by atoms with Gasteiger partial charge in [0.1, 0.15) is 0 Å². The van der Waals surface area contributed by atoms with Crippen LogP contribution in [0.3, 0.4) is 0 Å². The zero-order valence-electron chi connectivity index (χ0n) is 11.7. The summed E-state index contributed by atoms with van der Waals surface area (Å²) in [5.41, 5.74) is -0.490. The van der Waals surface area contributed by atoms with E-state index in [0.717, 1.165) is 12.8 Å². The zero-order valence-corrected chi connectivity index (χ0v) is 11.7. The quantitative estimate of drug-likeness (QED) is 0.575. The number of carbonyl (C=O) groups is 2. The first-order chi connectivity index (χ1) is 8.33. The lowest BCUT2D eigenvalue weighted by Crippen LogP contribution is -2.50. The SMILES string of the molecule is CCCCNC(=O)NC(=O)CN(C)C(C)(C)CO. The van der Waals surface area contributed by atoms with Gasteiger partial charge >= 0.3 is 6.03 Å². The summed E-state index contributed by atoms with van der Waals surface area (Å²) >= 11 is 0. The number of nitrogens with zero attached hydrogens (tertiary/aromatic N) is 1. The summed E-state index contributed by atoms with van der Waals surface area (Å²) < 4.78 is 0. The van der Waals surface area contributed by atoms with E-state index in [1.165, 1.54) is 0 Å². The molecule has 0 aromatic rings. The standard InChI is InChI=1S/C12H25N3O3/c1-5-6-7-13-11(18)14-10(17)8-15(4)12(2,3)9-16/h16H,5-9H2,1-4H3,(H2,13,14,17,18). The maximum absolute atomic E-state index is 11.6. The van der Waals surface area contributed by atoms with Gasteiger partial charge in [-0.25, -0.2) is 4.79 Å². The average Bonchev–Trinajstić information content (AvgIpc) is 2.28. The largest absolute Gasteiger partial charge is 0.394 e. The Hall–Kier alpha value is -1.14. The van der Waals surface area contributed by atoms with Crippen LogP contribution in [-0.4, -0.2) is 54.2 Å². The molecule has 0 spiro atoms. The molecule has 3 amide bonds. The van der Waals surface area contributed by atoms with Crippen LogP contribution in [0.25, 0.3) is 0 Å². The van der Waals surface area contributed by atoms with Gasteiger partial charge in [-0.1, -0.05) is 13.3 Å². The normalized spacial score (nSPS) is 11.4. The fourth-order valence-corrected chi connectivity index (χ4v) is 1.14. The molecule has 0 aliphatic rings. The third kappa shape index (κ3) is 6.56. The molecule has 0 unspecified atom stereocenters. The van der Waals surface area contributed by atoms with Crippen LogP contribution in [0.4, 0.5) is 4.79 Å². The van der Waals surface area contributed by atoms with Crippen LogP contribution in [0.5, 0.6) is 0 Å². The van der Waals surface area contributed by atoms with Crippen molar-refractivity contribution in [2.45, 2.75) is 39.2 Å². The van der Waals surface area contributed by atoms with Crippen molar-refractivity contribution in [1.29, 1.82) is 0 Å². The van der Waals surface area contributed by atoms with E-state index in [0.29, 0.717) is 6.54 Å². The van der Waals surface area contributed by atoms with Crippen molar-refractivity contribution < 1.29 is 14.7 Å². The number of aliphatic hydroxyl groups is 1. The summed E-state index contributed by atoms with van der Waals surface area (Å²) in [5.74, 6) is -0.381. The molecule has 0 fully saturated rings. The molecule has 6 nitrogen and oxygen atoms in total. The molecule has 0 aliphatic heterocycles. The molecule has 6 heteroatoms. The van der Waals surface area contributed by atoms with Crippen molar-refractivity contribution in [3.8, 4) is 0 Å². The van der Waals surface area contributed by atoms with Crippen molar-refractivity contribution in [3.05, 3.63) is 0 Å². The van der Waals surface area contributed by atoms with Crippen LogP contribution in [0, 0.1) is 0 Å². The van der Waals surface area contributed by atoms with Crippen LogP contribution in [0.2, 0.25) is 0 Å². The summed E-state index contributed by atoms with van der Waals surface area (Å²) in [6, 6.07) is -0.469. The van der Waals surface area contributed by atoms with E-state index in [2.05, 4.69) is 10.6 Å². The number of urea groups is 1. The fourth-order valence-electron chi connectivity index (χ4n) is 1.14. The Balaban J connectivity index is 4.00. The van der Waals surface area contributed by atoms with Crippen LogP contribution in [0.15, 0.2) is 0 Å². The van der Waals surface area contributed by atoms with Crippen molar-refractivity contribution in [2.75, 3.05) is 26.7 Å². The molecule has 3 N–H and O–H groups in total. The molecule has 0 bridgehead atoms. The molecule has 18 heavy (non-hydrogen) atoms. The van der Waals surface area contributed by atoms with Gasteiger partial charge in [-0.2, -0.15) is 0 Å². The van der Waals surface area contributed by atoms with E-state index >= 15 is 0 Å². The molecular formula is C12H25N3O3. The predicted octanol–water partition coefficient (Wildman–Crippen LogP) is 0.315. The van der Waals surface area contributed by atoms with Crippen molar-refractivity contribution in [1.82, 2.24) is 15.5 Å². The van der Waals surface area contributed by atoms with Crippen LogP contribution >= 0.6 is 0 Å². The van der Waals surface area contributed by atoms with Gasteiger partial charge in [-0.15, -0.1) is 0 Å². The second-order valence-corrected chi connectivity index (χ2v) is 4.98. The first kappa shape index (κ1) is 16.9. The maximum Gasteiger partial charge on any atom is 0.321 e. The Morgan fingerprint density at radius 1 is 1.33 bits per heavy atom. The number of carbonyl (C=O) groups excluding carboxylic acids is 2. The monoisotopic (exact) mass is 259 g/mol. The fraction of sp³-hybridized carbons (Fsp3) is 0.833. The summed E-state index contributed by atoms with van der Waals surface area (Å²) in [4.78, 5) is 24.6. The molecule has 0 saturated carbocycles. The minimum Gasteiger partial charge on any atom is -0.394 e. The van der Waals surface area contributed by atoms with Crippen LogP contribution < -0.4 is 10.6 Å². The van der Waals surface area contributed by atoms with Gasteiger partial charge in [-0.05, 0) is 27.3 Å². The number of aliphatic hydroxyl groups excluding tert-OH is 1. The van der Waals surface area contributed by atoms with Gasteiger partial charge in [-0.3, -0.25) is 15.0 Å². The Morgan fingerprint density at radius 2 is 1.94 bits per heavy atom. The molecule has 0 aliphatic carbocycles. The maximum atomic E-state index is 11.6. The van der Waals surface area contributed by atoms with Crippen molar-refractivity contribution >= 4 is 11.9 Å². The Morgan fingerprint density at radius 3 is 2.44 bits per heavy atom. The number of imide groups is 1. The van der Waals surface area contributed by atoms with E-state index < -0.39 is 11.6 Å². The minimum absolute atomic E-state index is 0.0561. The van der Waals surface area contributed by atoms with Gasteiger partial charge in [0.25, 0.3) is 0 Å². The van der Waals surface area contributed by atoms with E-state index in [1.807, 2.05) is 20.8 Å². The van der Waals surface area contributed by atoms with Crippen LogP contribution in [-0.2, 0) is 4.79 Å². The topological polar surface area (TPSA) is 81.7 Å². The number of rotatable bonds is 7. The number of nitrogens with one attached hydrogen (secondary N) is 2. The Kier molecular flexibility index (Phi) is 7.54. The van der Waals surface area contributed by atoms with Gasteiger partial charge in [0, 0.05) is 12.1 Å². The lowest BCUT2D eigenvalue weighted by molar-refractivity contribution is -0.122. The number of hydrogen-bond acceptors (Lipinski definition) is 4. The Bertz CT molecular complexity index is 280. The lowest BCUT2D eigenvalue weighted by Gasteiger charge is -2.33. The third-order valence-electron chi connectivity index (χ3n) is 2.87. The lowest BCUT2D eigenvalue weighted by atomic mass is 10.1. The predicted molar refractivity (Wildman–Crippen MR) is 70.2 cm³/mol. The third-order valence-corrected chi connectivity index (χ3v) is 2.87. The minimum atomic E-state index is -0.490. The first-order valence-corrected chi connectivity index (χ1v) is 6.23. The van der Waals surface area contributed by atoms with Gasteiger partial charge in [0.15, 0.2) is 0 Å². The molecule has 0 radical (unpaired) electrons. The van der Waals surface area contributed by atoms with Crippen molar-refractivity contribution in [2.24, 2.45) is 0 Å². The molecule has 0 atom stereocenters. The van der Waals surface area contributed by atoms with Gasteiger partial charge in [0.05, 0.1) is 13.2 Å². The summed E-state index contributed by atoms with van der Waals surface area (Å²) in [5, 5.41) is 14.0. The summed E-state index contributed by atoms with van der Waals surface area (Å²) in [7, 11) is 1.73. The molecular weight excluding hydrogens is 234 g/mol. The molecule has 106 valence electrons. The molecule has 0 aromatic carbocycles. The highest BCUT2D eigenvalue weighted by molar-refractivity contribution is 5.95. The van der Waals surface area contributed by atoms with Crippen molar-refractivity contribution in [3.63, 3.8) is 0 Å². The van der Waals surface area contributed by atoms with E-state index in [9.17, 15) is 9.59 Å². The van der Waals surface area contributed by atoms with Crippen LogP contribution in [0.1, 0.15) is 33.6 Å². The second kappa shape index (κ2) is 8.05. The summed E-state index contributed by atoms with van der Waals surface area (Å²) in [6.45, 7) is 6.24. The van der Waals surface area contributed by atoms with E-state index in [-0.39, 0.29) is 19.1 Å². The van der Waals surface area contributed by atoms with E-state index in [4.69, 9.17) is 5.11 Å². The number of likely N-dealkylation sites (N-methyl/N-ethyl adjacent to an activating group) is 1. The molecule has 0 heterocycles. The number of amides is 3. The second-order valence-electron chi connectivity index (χ2n) is 4.98. The first-order valence-electron chi connectivity index (χ1n) is 6.23. The van der Waals surface area contributed by atoms with E-state index in [1.54, 1.807) is 11.9 Å². The smallest absolute Gasteiger partial charge is 0.321 e. The average molecular weight is 259 g/mol. The van der Waals surface area contributed by atoms with Gasteiger partial charge in [0.2, 0.25) is 5.91 Å². The summed E-state index contributed by atoms with van der Waals surface area (Å²) in [6.07, 6.45) is 1.88. The molecule has 0 rings (SSSR count). The highest BCUT2D eigenvalue weighted by Gasteiger charge is 2.24. The number of hydrogen-bond donors (Lipinski definition) is 3. The highest BCUT2D eigenvalue weighted by atomic mass is 16.3. The molecule has 0 saturated heterocycles. The molecule has 0 aromatic heterocycles. The number of unbranched alkanes of at least 4 members (excludes halogenated alkanes) is 1.